The Morgan fingerprint density at radius 2 is 1.55 bits per heavy atom. The van der Waals surface area contributed by atoms with Crippen molar-refractivity contribution in [3.63, 3.8) is 0 Å². The standard InChI is InChI=1S/C21H16F3N3O2/c1-13(28)14-4-2-6-17(8-14)27-20(29)15-9-19(12-25-11-15)26-18-7-3-5-16(10-18)21(22,23)24/h2-12,26H,1H3,(H,27,29). The lowest BCUT2D eigenvalue weighted by molar-refractivity contribution is -0.137. The van der Waals surface area contributed by atoms with Gasteiger partial charge < -0.3 is 10.6 Å². The molecule has 0 unspecified atom stereocenters. The van der Waals surface area contributed by atoms with Gasteiger partial charge in [0.25, 0.3) is 5.91 Å². The predicted octanol–water partition coefficient (Wildman–Crippen LogP) is 5.30. The number of nitrogens with zero attached hydrogens (tertiary/aromatic N) is 1. The van der Waals surface area contributed by atoms with Crippen molar-refractivity contribution in [1.82, 2.24) is 4.98 Å². The minimum Gasteiger partial charge on any atom is -0.354 e. The third kappa shape index (κ3) is 5.19. The minimum atomic E-state index is -4.45. The van der Waals surface area contributed by atoms with Gasteiger partial charge in [-0.3, -0.25) is 14.6 Å². The lowest BCUT2D eigenvalue weighted by Gasteiger charge is -2.11. The molecular weight excluding hydrogens is 383 g/mol. The molecule has 0 aliphatic carbocycles. The number of anilines is 3. The Labute approximate surface area is 164 Å². The van der Waals surface area contributed by atoms with E-state index in [0.29, 0.717) is 16.9 Å². The Kier molecular flexibility index (Phi) is 5.63. The maximum absolute atomic E-state index is 12.8. The van der Waals surface area contributed by atoms with E-state index in [1.807, 2.05) is 0 Å². The molecule has 1 aromatic heterocycles. The van der Waals surface area contributed by atoms with Gasteiger partial charge in [-0.25, -0.2) is 0 Å². The highest BCUT2D eigenvalue weighted by Gasteiger charge is 2.30. The number of hydrogen-bond donors (Lipinski definition) is 2. The van der Waals surface area contributed by atoms with Crippen LogP contribution >= 0.6 is 0 Å². The summed E-state index contributed by atoms with van der Waals surface area (Å²) < 4.78 is 38.5. The van der Waals surface area contributed by atoms with Gasteiger partial charge in [0.2, 0.25) is 0 Å². The van der Waals surface area contributed by atoms with Gasteiger partial charge in [-0.05, 0) is 43.3 Å². The zero-order chi connectivity index (χ0) is 21.0. The largest absolute Gasteiger partial charge is 0.416 e. The predicted molar refractivity (Wildman–Crippen MR) is 103 cm³/mol. The fourth-order valence-corrected chi connectivity index (χ4v) is 2.59. The van der Waals surface area contributed by atoms with Gasteiger partial charge in [0, 0.05) is 23.1 Å². The first-order chi connectivity index (χ1) is 13.7. The zero-order valence-electron chi connectivity index (χ0n) is 15.2. The molecule has 0 bridgehead atoms. The number of halogens is 3. The number of ketones is 1. The van der Waals surface area contributed by atoms with Gasteiger partial charge in [-0.15, -0.1) is 0 Å². The van der Waals surface area contributed by atoms with Crippen LogP contribution in [0.5, 0.6) is 0 Å². The van der Waals surface area contributed by atoms with Crippen LogP contribution in [0.1, 0.15) is 33.2 Å². The number of nitrogens with one attached hydrogen (secondary N) is 2. The summed E-state index contributed by atoms with van der Waals surface area (Å²) in [5.74, 6) is -0.596. The number of hydrogen-bond acceptors (Lipinski definition) is 4. The number of alkyl halides is 3. The van der Waals surface area contributed by atoms with Gasteiger partial charge >= 0.3 is 6.18 Å². The average Bonchev–Trinajstić information content (AvgIpc) is 2.68. The maximum Gasteiger partial charge on any atom is 0.416 e. The monoisotopic (exact) mass is 399 g/mol. The van der Waals surface area contributed by atoms with E-state index in [1.54, 1.807) is 24.3 Å². The number of amides is 1. The van der Waals surface area contributed by atoms with E-state index in [2.05, 4.69) is 15.6 Å². The molecule has 0 fully saturated rings. The van der Waals surface area contributed by atoms with Gasteiger partial charge in [0.15, 0.2) is 5.78 Å². The molecule has 2 aromatic carbocycles. The van der Waals surface area contributed by atoms with E-state index in [4.69, 9.17) is 0 Å². The van der Waals surface area contributed by atoms with Crippen LogP contribution in [0.25, 0.3) is 0 Å². The van der Waals surface area contributed by atoms with Crippen LogP contribution in [0, 0.1) is 0 Å². The van der Waals surface area contributed by atoms with Gasteiger partial charge in [0.05, 0.1) is 23.0 Å². The Bertz CT molecular complexity index is 1060. The van der Waals surface area contributed by atoms with E-state index in [9.17, 15) is 22.8 Å². The number of benzene rings is 2. The first-order valence-corrected chi connectivity index (χ1v) is 8.54. The average molecular weight is 399 g/mol. The molecule has 29 heavy (non-hydrogen) atoms. The van der Waals surface area contributed by atoms with Crippen LogP contribution in [-0.4, -0.2) is 16.7 Å². The van der Waals surface area contributed by atoms with E-state index in [-0.39, 0.29) is 17.0 Å². The fraction of sp³-hybridized carbons (Fsp3) is 0.0952. The smallest absolute Gasteiger partial charge is 0.354 e. The quantitative estimate of drug-likeness (QED) is 0.571. The van der Waals surface area contributed by atoms with Crippen LogP contribution in [0.3, 0.4) is 0 Å². The van der Waals surface area contributed by atoms with Crippen LogP contribution < -0.4 is 10.6 Å². The molecule has 0 saturated heterocycles. The Morgan fingerprint density at radius 1 is 0.862 bits per heavy atom. The highest BCUT2D eigenvalue weighted by atomic mass is 19.4. The molecule has 1 amide bonds. The third-order valence-electron chi connectivity index (χ3n) is 4.01. The summed E-state index contributed by atoms with van der Waals surface area (Å²) in [5.41, 5.74) is 0.896. The summed E-state index contributed by atoms with van der Waals surface area (Å²) in [6.07, 6.45) is -1.72. The van der Waals surface area contributed by atoms with Crippen molar-refractivity contribution >= 4 is 28.8 Å². The van der Waals surface area contributed by atoms with Crippen molar-refractivity contribution in [1.29, 1.82) is 0 Å². The molecule has 0 spiro atoms. The molecule has 0 atom stereocenters. The molecular formula is C21H16F3N3O2. The molecule has 3 rings (SSSR count). The number of rotatable bonds is 5. The van der Waals surface area contributed by atoms with Crippen molar-refractivity contribution in [3.05, 3.63) is 83.7 Å². The summed E-state index contributed by atoms with van der Waals surface area (Å²) in [7, 11) is 0. The molecule has 0 aliphatic heterocycles. The minimum absolute atomic E-state index is 0.130. The topological polar surface area (TPSA) is 71.1 Å². The van der Waals surface area contributed by atoms with Crippen LogP contribution in [0.4, 0.5) is 30.2 Å². The second kappa shape index (κ2) is 8.14. The van der Waals surface area contributed by atoms with Gasteiger partial charge in [-0.1, -0.05) is 18.2 Å². The Balaban J connectivity index is 1.76. The molecule has 3 aromatic rings. The molecule has 5 nitrogen and oxygen atoms in total. The Morgan fingerprint density at radius 3 is 2.28 bits per heavy atom. The zero-order valence-corrected chi connectivity index (χ0v) is 15.2. The van der Waals surface area contributed by atoms with Crippen LogP contribution in [0.15, 0.2) is 67.0 Å². The first-order valence-electron chi connectivity index (χ1n) is 8.54. The number of pyridine rings is 1. The molecule has 2 N–H and O–H groups in total. The van der Waals surface area contributed by atoms with Crippen molar-refractivity contribution in [3.8, 4) is 0 Å². The van der Waals surface area contributed by atoms with E-state index < -0.39 is 17.6 Å². The van der Waals surface area contributed by atoms with E-state index in [0.717, 1.165) is 12.1 Å². The van der Waals surface area contributed by atoms with Crippen molar-refractivity contribution in [2.75, 3.05) is 10.6 Å². The fourth-order valence-electron chi connectivity index (χ4n) is 2.59. The number of carbonyl (C=O) groups excluding carboxylic acids is 2. The summed E-state index contributed by atoms with van der Waals surface area (Å²) in [6, 6.07) is 12.7. The molecule has 1 heterocycles. The first kappa shape index (κ1) is 20.1. The van der Waals surface area contributed by atoms with Crippen molar-refractivity contribution in [2.45, 2.75) is 13.1 Å². The van der Waals surface area contributed by atoms with Gasteiger partial charge in [0.1, 0.15) is 0 Å². The molecule has 148 valence electrons. The molecule has 0 radical (unpaired) electrons. The second-order valence-electron chi connectivity index (χ2n) is 6.26. The SMILES string of the molecule is CC(=O)c1cccc(NC(=O)c2cncc(Nc3cccc(C(F)(F)F)c3)c2)c1. The summed E-state index contributed by atoms with van der Waals surface area (Å²) in [5, 5.41) is 5.48. The number of aromatic nitrogens is 1. The maximum atomic E-state index is 12.8. The lowest BCUT2D eigenvalue weighted by Crippen LogP contribution is -2.13. The lowest BCUT2D eigenvalue weighted by atomic mass is 10.1. The normalized spacial score (nSPS) is 11.0. The highest BCUT2D eigenvalue weighted by Crippen LogP contribution is 2.31. The second-order valence-corrected chi connectivity index (χ2v) is 6.26. The Hall–Kier alpha value is -3.68. The highest BCUT2D eigenvalue weighted by molar-refractivity contribution is 6.05. The summed E-state index contributed by atoms with van der Waals surface area (Å²) in [4.78, 5) is 27.9. The van der Waals surface area contributed by atoms with Crippen molar-refractivity contribution < 1.29 is 22.8 Å². The number of carbonyl (C=O) groups is 2. The summed E-state index contributed by atoms with van der Waals surface area (Å²) >= 11 is 0. The van der Waals surface area contributed by atoms with Crippen LogP contribution in [0.2, 0.25) is 0 Å². The third-order valence-corrected chi connectivity index (χ3v) is 4.01. The molecule has 0 saturated carbocycles. The summed E-state index contributed by atoms with van der Waals surface area (Å²) in [6.45, 7) is 1.42. The molecule has 0 aliphatic rings. The van der Waals surface area contributed by atoms with Crippen LogP contribution in [-0.2, 0) is 6.18 Å². The number of Topliss-reactive ketones (excluding diaryl/α,β-unsaturated/α-hetero) is 1. The van der Waals surface area contributed by atoms with E-state index >= 15 is 0 Å². The van der Waals surface area contributed by atoms with Crippen molar-refractivity contribution in [2.24, 2.45) is 0 Å². The van der Waals surface area contributed by atoms with Gasteiger partial charge in [-0.2, -0.15) is 13.2 Å². The molecule has 8 heteroatoms. The van der Waals surface area contributed by atoms with E-state index in [1.165, 1.54) is 37.5 Å².